The highest BCUT2D eigenvalue weighted by atomic mass is 16.3. The van der Waals surface area contributed by atoms with Crippen molar-refractivity contribution < 1.29 is 20.4 Å². The second kappa shape index (κ2) is 10.7. The maximum atomic E-state index is 9.39. The monoisotopic (exact) mass is 264 g/mol. The van der Waals surface area contributed by atoms with Gasteiger partial charge in [-0.2, -0.15) is 0 Å². The third kappa shape index (κ3) is 7.97. The van der Waals surface area contributed by atoms with Crippen LogP contribution in [0, 0.1) is 0 Å². The molecule has 0 saturated carbocycles. The molecule has 4 N–H and O–H groups in total. The first-order valence-electron chi connectivity index (χ1n) is 6.59. The molecule has 18 heavy (non-hydrogen) atoms. The number of likely N-dealkylation sites (N-methyl/N-ethyl adjacent to an activating group) is 2. The summed E-state index contributed by atoms with van der Waals surface area (Å²) in [6, 6.07) is 0. The summed E-state index contributed by atoms with van der Waals surface area (Å²) in [5, 5.41) is 36.4. The Hall–Kier alpha value is -0.240. The molecule has 6 heteroatoms. The molecule has 0 aromatic carbocycles. The topological polar surface area (TPSA) is 87.4 Å². The van der Waals surface area contributed by atoms with Crippen molar-refractivity contribution in [3.63, 3.8) is 0 Å². The van der Waals surface area contributed by atoms with E-state index in [1.54, 1.807) is 0 Å². The molecule has 6 nitrogen and oxygen atoms in total. The molecular weight excluding hydrogens is 236 g/mol. The fourth-order valence-corrected chi connectivity index (χ4v) is 1.75. The van der Waals surface area contributed by atoms with Gasteiger partial charge < -0.3 is 20.4 Å². The Kier molecular flexibility index (Phi) is 10.5. The quantitative estimate of drug-likeness (QED) is 0.357. The average Bonchev–Trinajstić information content (AvgIpc) is 2.40. The summed E-state index contributed by atoms with van der Waals surface area (Å²) < 4.78 is 0. The lowest BCUT2D eigenvalue weighted by atomic mass is 10.3. The molecule has 0 fully saturated rings. The van der Waals surface area contributed by atoms with Gasteiger partial charge in [-0.25, -0.2) is 0 Å². The fourth-order valence-electron chi connectivity index (χ4n) is 1.75. The van der Waals surface area contributed by atoms with Crippen molar-refractivity contribution in [1.29, 1.82) is 0 Å². The van der Waals surface area contributed by atoms with Crippen LogP contribution in [0.4, 0.5) is 0 Å². The van der Waals surface area contributed by atoms with Crippen molar-refractivity contribution in [2.75, 3.05) is 52.5 Å². The summed E-state index contributed by atoms with van der Waals surface area (Å²) in [5.41, 5.74) is 0. The zero-order valence-corrected chi connectivity index (χ0v) is 11.5. The third-order valence-corrected chi connectivity index (χ3v) is 2.99. The molecular formula is C12H28N2O4. The van der Waals surface area contributed by atoms with E-state index in [2.05, 4.69) is 9.80 Å². The van der Waals surface area contributed by atoms with Crippen molar-refractivity contribution in [2.45, 2.75) is 26.1 Å². The largest absolute Gasteiger partial charge is 0.394 e. The van der Waals surface area contributed by atoms with Gasteiger partial charge in [0.05, 0.1) is 25.4 Å². The van der Waals surface area contributed by atoms with E-state index in [-0.39, 0.29) is 13.2 Å². The molecule has 0 heterocycles. The molecule has 0 radical (unpaired) electrons. The van der Waals surface area contributed by atoms with Crippen LogP contribution in [0.15, 0.2) is 0 Å². The van der Waals surface area contributed by atoms with Crippen LogP contribution in [0.25, 0.3) is 0 Å². The van der Waals surface area contributed by atoms with Gasteiger partial charge in [-0.1, -0.05) is 13.8 Å². The Morgan fingerprint density at radius 1 is 0.778 bits per heavy atom. The van der Waals surface area contributed by atoms with Gasteiger partial charge in [-0.15, -0.1) is 0 Å². The van der Waals surface area contributed by atoms with E-state index >= 15 is 0 Å². The van der Waals surface area contributed by atoms with Crippen LogP contribution in [0.2, 0.25) is 0 Å². The van der Waals surface area contributed by atoms with E-state index in [9.17, 15) is 10.2 Å². The van der Waals surface area contributed by atoms with Crippen LogP contribution < -0.4 is 0 Å². The molecule has 0 bridgehead atoms. The lowest BCUT2D eigenvalue weighted by Crippen LogP contribution is -2.42. The number of hydrogen-bond acceptors (Lipinski definition) is 6. The first kappa shape index (κ1) is 17.8. The van der Waals surface area contributed by atoms with Gasteiger partial charge in [0.1, 0.15) is 0 Å². The van der Waals surface area contributed by atoms with Crippen LogP contribution in [0.1, 0.15) is 13.8 Å². The number of rotatable bonds is 11. The van der Waals surface area contributed by atoms with Crippen LogP contribution in [-0.4, -0.2) is 94.9 Å². The highest BCUT2D eigenvalue weighted by molar-refractivity contribution is 4.67. The molecule has 110 valence electrons. The zero-order valence-electron chi connectivity index (χ0n) is 11.5. The second-order valence-electron chi connectivity index (χ2n) is 4.46. The fraction of sp³-hybridized carbons (Fsp3) is 1.00. The number of hydrogen-bond donors (Lipinski definition) is 4. The summed E-state index contributed by atoms with van der Waals surface area (Å²) in [4.78, 5) is 4.10. The number of nitrogens with zero attached hydrogens (tertiary/aromatic N) is 2. The van der Waals surface area contributed by atoms with Crippen LogP contribution >= 0.6 is 0 Å². The van der Waals surface area contributed by atoms with Gasteiger partial charge in [0.2, 0.25) is 0 Å². The standard InChI is InChI=1S/C12H28N2O4/c1-3-13(7-11(17)9-15)5-6-14(4-2)8-12(18)10-16/h11-12,15-18H,3-10H2,1-2H3. The summed E-state index contributed by atoms with van der Waals surface area (Å²) in [5.74, 6) is 0. The molecule has 0 aliphatic heterocycles. The molecule has 0 saturated heterocycles. The van der Waals surface area contributed by atoms with Gasteiger partial charge in [-0.3, -0.25) is 9.80 Å². The molecule has 0 aliphatic rings. The normalized spacial score (nSPS) is 15.3. The smallest absolute Gasteiger partial charge is 0.0897 e. The Labute approximate surface area is 109 Å². The van der Waals surface area contributed by atoms with Gasteiger partial charge >= 0.3 is 0 Å². The highest BCUT2D eigenvalue weighted by Gasteiger charge is 2.13. The summed E-state index contributed by atoms with van der Waals surface area (Å²) in [6.45, 7) is 7.59. The first-order chi connectivity index (χ1) is 8.57. The van der Waals surface area contributed by atoms with Crippen molar-refractivity contribution in [1.82, 2.24) is 9.80 Å². The Morgan fingerprint density at radius 3 is 1.33 bits per heavy atom. The Morgan fingerprint density at radius 2 is 1.11 bits per heavy atom. The minimum atomic E-state index is -0.706. The van der Waals surface area contributed by atoms with E-state index in [0.717, 1.165) is 26.2 Å². The lowest BCUT2D eigenvalue weighted by molar-refractivity contribution is 0.0446. The number of aliphatic hydroxyl groups is 4. The number of aliphatic hydroxyl groups excluding tert-OH is 4. The van der Waals surface area contributed by atoms with E-state index < -0.39 is 12.2 Å². The molecule has 0 aliphatic carbocycles. The molecule has 0 aromatic rings. The van der Waals surface area contributed by atoms with Crippen molar-refractivity contribution in [3.05, 3.63) is 0 Å². The molecule has 0 spiro atoms. The van der Waals surface area contributed by atoms with Gasteiger partial charge in [0.15, 0.2) is 0 Å². The minimum absolute atomic E-state index is 0.225. The molecule has 0 aromatic heterocycles. The molecule has 0 rings (SSSR count). The minimum Gasteiger partial charge on any atom is -0.394 e. The first-order valence-corrected chi connectivity index (χ1v) is 6.59. The van der Waals surface area contributed by atoms with E-state index in [0.29, 0.717) is 13.1 Å². The SMILES string of the molecule is CCN(CCN(CC)CC(O)CO)CC(O)CO. The Balaban J connectivity index is 3.99. The molecule has 2 unspecified atom stereocenters. The zero-order chi connectivity index (χ0) is 14.0. The van der Waals surface area contributed by atoms with Gasteiger partial charge in [0, 0.05) is 26.2 Å². The van der Waals surface area contributed by atoms with Gasteiger partial charge in [0.25, 0.3) is 0 Å². The molecule has 0 amide bonds. The van der Waals surface area contributed by atoms with Crippen molar-refractivity contribution in [3.8, 4) is 0 Å². The van der Waals surface area contributed by atoms with E-state index in [1.165, 1.54) is 0 Å². The van der Waals surface area contributed by atoms with Crippen LogP contribution in [0.5, 0.6) is 0 Å². The van der Waals surface area contributed by atoms with Crippen molar-refractivity contribution >= 4 is 0 Å². The predicted octanol–water partition coefficient (Wildman–Crippen LogP) is -1.66. The summed E-state index contributed by atoms with van der Waals surface area (Å²) in [6.07, 6.45) is -1.41. The van der Waals surface area contributed by atoms with Crippen molar-refractivity contribution in [2.24, 2.45) is 0 Å². The molecule has 2 atom stereocenters. The average molecular weight is 264 g/mol. The Bertz CT molecular complexity index is 175. The summed E-state index contributed by atoms with van der Waals surface area (Å²) >= 11 is 0. The maximum absolute atomic E-state index is 9.39. The third-order valence-electron chi connectivity index (χ3n) is 2.99. The van der Waals surface area contributed by atoms with Crippen LogP contribution in [0.3, 0.4) is 0 Å². The van der Waals surface area contributed by atoms with E-state index in [1.807, 2.05) is 13.8 Å². The van der Waals surface area contributed by atoms with Crippen LogP contribution in [-0.2, 0) is 0 Å². The maximum Gasteiger partial charge on any atom is 0.0897 e. The van der Waals surface area contributed by atoms with Gasteiger partial charge in [-0.05, 0) is 13.1 Å². The lowest BCUT2D eigenvalue weighted by Gasteiger charge is -2.28. The second-order valence-corrected chi connectivity index (χ2v) is 4.46. The highest BCUT2D eigenvalue weighted by Crippen LogP contribution is 1.97. The predicted molar refractivity (Wildman–Crippen MR) is 70.4 cm³/mol. The summed E-state index contributed by atoms with van der Waals surface area (Å²) in [7, 11) is 0. The van der Waals surface area contributed by atoms with E-state index in [4.69, 9.17) is 10.2 Å².